The predicted molar refractivity (Wildman–Crippen MR) is 105 cm³/mol. The molecule has 0 bridgehead atoms. The molecule has 0 aliphatic rings. The normalized spacial score (nSPS) is 12.1. The van der Waals surface area contributed by atoms with Gasteiger partial charge in [0.2, 0.25) is 0 Å². The summed E-state index contributed by atoms with van der Waals surface area (Å²) in [4.78, 5) is 1.34. The van der Waals surface area contributed by atoms with E-state index in [0.29, 0.717) is 5.25 Å². The molecule has 1 nitrogen and oxygen atoms in total. The van der Waals surface area contributed by atoms with Crippen molar-refractivity contribution < 1.29 is 4.74 Å². The third kappa shape index (κ3) is 6.52. The lowest BCUT2D eigenvalue weighted by Gasteiger charge is -2.14. The lowest BCUT2D eigenvalue weighted by molar-refractivity contribution is 0.321. The van der Waals surface area contributed by atoms with Crippen LogP contribution in [0.25, 0.3) is 0 Å². The van der Waals surface area contributed by atoms with E-state index in [4.69, 9.17) is 4.74 Å². The van der Waals surface area contributed by atoms with Crippen molar-refractivity contribution >= 4 is 23.5 Å². The van der Waals surface area contributed by atoms with Crippen LogP contribution < -0.4 is 4.74 Å². The molecule has 2 aromatic rings. The van der Waals surface area contributed by atoms with Gasteiger partial charge in [0.15, 0.2) is 0 Å². The van der Waals surface area contributed by atoms with Gasteiger partial charge >= 0.3 is 0 Å². The average molecular weight is 347 g/mol. The summed E-state index contributed by atoms with van der Waals surface area (Å²) >= 11 is 3.86. The zero-order valence-corrected chi connectivity index (χ0v) is 15.9. The number of hydrogen-bond donors (Lipinski definition) is 0. The second kappa shape index (κ2) is 9.94. The van der Waals surface area contributed by atoms with E-state index in [9.17, 15) is 0 Å². The van der Waals surface area contributed by atoms with Crippen molar-refractivity contribution in [2.24, 2.45) is 0 Å². The first-order chi connectivity index (χ1) is 11.2. The van der Waals surface area contributed by atoms with Gasteiger partial charge in [-0.1, -0.05) is 43.3 Å². The first kappa shape index (κ1) is 18.3. The smallest absolute Gasteiger partial charge is 0.120 e. The predicted octanol–water partition coefficient (Wildman–Crippen LogP) is 6.20. The van der Waals surface area contributed by atoms with Crippen molar-refractivity contribution in [3.05, 3.63) is 59.7 Å². The maximum Gasteiger partial charge on any atom is 0.120 e. The minimum absolute atomic E-state index is 0.475. The summed E-state index contributed by atoms with van der Waals surface area (Å²) in [5, 5.41) is 0.475. The Morgan fingerprint density at radius 3 is 2.61 bits per heavy atom. The van der Waals surface area contributed by atoms with Crippen molar-refractivity contribution in [1.29, 1.82) is 0 Å². The molecule has 0 aromatic heterocycles. The van der Waals surface area contributed by atoms with E-state index < -0.39 is 0 Å². The van der Waals surface area contributed by atoms with E-state index in [0.717, 1.165) is 23.9 Å². The van der Waals surface area contributed by atoms with Gasteiger partial charge in [0.25, 0.3) is 0 Å². The molecule has 0 heterocycles. The van der Waals surface area contributed by atoms with Crippen LogP contribution in [0.5, 0.6) is 5.75 Å². The summed E-state index contributed by atoms with van der Waals surface area (Å²) in [5.41, 5.74) is 2.71. The molecule has 3 heteroatoms. The van der Waals surface area contributed by atoms with Gasteiger partial charge in [-0.3, -0.25) is 0 Å². The number of ether oxygens (including phenoxy) is 1. The second-order valence-corrected chi connectivity index (χ2v) is 8.26. The number of hydrogen-bond acceptors (Lipinski definition) is 3. The fourth-order valence-electron chi connectivity index (χ4n) is 2.11. The molecule has 1 atom stereocenters. The van der Waals surface area contributed by atoms with Gasteiger partial charge in [0.05, 0.1) is 6.61 Å². The zero-order chi connectivity index (χ0) is 16.5. The molecular formula is C20H26OS2. The third-order valence-electron chi connectivity index (χ3n) is 3.48. The average Bonchev–Trinajstić information content (AvgIpc) is 2.59. The molecular weight excluding hydrogens is 320 g/mol. The summed E-state index contributed by atoms with van der Waals surface area (Å²) < 4.78 is 6.00. The number of thioether (sulfide) groups is 2. The Bertz CT molecular complexity index is 583. The Labute approximate surface area is 149 Å². The van der Waals surface area contributed by atoms with Gasteiger partial charge < -0.3 is 4.74 Å². The van der Waals surface area contributed by atoms with Crippen LogP contribution in [0.4, 0.5) is 0 Å². The van der Waals surface area contributed by atoms with Gasteiger partial charge in [-0.15, -0.1) is 11.8 Å². The summed E-state index contributed by atoms with van der Waals surface area (Å²) in [6.45, 7) is 7.36. The van der Waals surface area contributed by atoms with Crippen LogP contribution in [0.15, 0.2) is 53.4 Å². The second-order valence-electron chi connectivity index (χ2n) is 5.69. The molecule has 2 aromatic carbocycles. The highest BCUT2D eigenvalue weighted by atomic mass is 32.2. The molecule has 0 spiro atoms. The van der Waals surface area contributed by atoms with Crippen LogP contribution in [0, 0.1) is 6.92 Å². The molecule has 2 rings (SSSR count). The SMILES string of the molecule is CCCSc1cc(OCC(C)SCc2ccccc2)ccc1C. The Hall–Kier alpha value is -1.06. The minimum atomic E-state index is 0.475. The van der Waals surface area contributed by atoms with Gasteiger partial charge in [0, 0.05) is 15.9 Å². The summed E-state index contributed by atoms with van der Waals surface area (Å²) in [6.07, 6.45) is 1.20. The summed E-state index contributed by atoms with van der Waals surface area (Å²) in [7, 11) is 0. The number of aryl methyl sites for hydroxylation is 1. The maximum atomic E-state index is 6.00. The van der Waals surface area contributed by atoms with Gasteiger partial charge in [-0.2, -0.15) is 11.8 Å². The highest BCUT2D eigenvalue weighted by molar-refractivity contribution is 7.99. The van der Waals surface area contributed by atoms with Crippen molar-refractivity contribution in [1.82, 2.24) is 0 Å². The Balaban J connectivity index is 1.80. The van der Waals surface area contributed by atoms with Crippen LogP contribution in [0.3, 0.4) is 0 Å². The Morgan fingerprint density at radius 1 is 1.09 bits per heavy atom. The fraction of sp³-hybridized carbons (Fsp3) is 0.400. The quantitative estimate of drug-likeness (QED) is 0.500. The van der Waals surface area contributed by atoms with E-state index in [-0.39, 0.29) is 0 Å². The van der Waals surface area contributed by atoms with Crippen molar-refractivity contribution in [3.63, 3.8) is 0 Å². The third-order valence-corrected chi connectivity index (χ3v) is 6.05. The summed E-state index contributed by atoms with van der Waals surface area (Å²) in [5.74, 6) is 3.19. The van der Waals surface area contributed by atoms with Crippen LogP contribution in [-0.2, 0) is 5.75 Å². The molecule has 0 saturated carbocycles. The monoisotopic (exact) mass is 346 g/mol. The molecule has 0 saturated heterocycles. The van der Waals surface area contributed by atoms with Gasteiger partial charge in [-0.05, 0) is 49.3 Å². The van der Waals surface area contributed by atoms with Crippen LogP contribution in [-0.4, -0.2) is 17.6 Å². The zero-order valence-electron chi connectivity index (χ0n) is 14.2. The van der Waals surface area contributed by atoms with Crippen molar-refractivity contribution in [3.8, 4) is 5.75 Å². The lowest BCUT2D eigenvalue weighted by atomic mass is 10.2. The Kier molecular flexibility index (Phi) is 7.90. The largest absolute Gasteiger partial charge is 0.492 e. The van der Waals surface area contributed by atoms with E-state index in [2.05, 4.69) is 69.3 Å². The number of benzene rings is 2. The molecule has 0 fully saturated rings. The van der Waals surface area contributed by atoms with Crippen LogP contribution in [0.2, 0.25) is 0 Å². The highest BCUT2D eigenvalue weighted by Gasteiger charge is 2.06. The topological polar surface area (TPSA) is 9.23 Å². The molecule has 1 unspecified atom stereocenters. The molecule has 0 N–H and O–H groups in total. The Morgan fingerprint density at radius 2 is 1.87 bits per heavy atom. The standard InChI is InChI=1S/C20H26OS2/c1-4-12-22-20-13-19(11-10-16(20)2)21-14-17(3)23-15-18-8-6-5-7-9-18/h5-11,13,17H,4,12,14-15H2,1-3H3. The molecule has 0 aliphatic heterocycles. The molecule has 23 heavy (non-hydrogen) atoms. The maximum absolute atomic E-state index is 6.00. The minimum Gasteiger partial charge on any atom is -0.492 e. The van der Waals surface area contributed by atoms with E-state index in [1.165, 1.54) is 22.4 Å². The van der Waals surface area contributed by atoms with Crippen molar-refractivity contribution in [2.45, 2.75) is 43.1 Å². The van der Waals surface area contributed by atoms with Crippen LogP contribution in [0.1, 0.15) is 31.4 Å². The number of rotatable bonds is 9. The highest BCUT2D eigenvalue weighted by Crippen LogP contribution is 2.28. The molecule has 0 amide bonds. The van der Waals surface area contributed by atoms with Crippen LogP contribution >= 0.6 is 23.5 Å². The first-order valence-corrected chi connectivity index (χ1v) is 10.2. The van der Waals surface area contributed by atoms with Crippen molar-refractivity contribution in [2.75, 3.05) is 12.4 Å². The first-order valence-electron chi connectivity index (χ1n) is 8.20. The summed E-state index contributed by atoms with van der Waals surface area (Å²) in [6, 6.07) is 17.0. The molecule has 0 radical (unpaired) electrons. The molecule has 0 aliphatic carbocycles. The fourth-order valence-corrected chi connectivity index (χ4v) is 3.87. The van der Waals surface area contributed by atoms with Gasteiger partial charge in [-0.25, -0.2) is 0 Å². The van der Waals surface area contributed by atoms with E-state index in [1.54, 1.807) is 0 Å². The lowest BCUT2D eigenvalue weighted by Crippen LogP contribution is -2.10. The molecule has 124 valence electrons. The van der Waals surface area contributed by atoms with E-state index in [1.807, 2.05) is 23.5 Å². The van der Waals surface area contributed by atoms with Gasteiger partial charge in [0.1, 0.15) is 5.75 Å². The van der Waals surface area contributed by atoms with E-state index >= 15 is 0 Å².